The molecule has 0 spiro atoms. The Hall–Kier alpha value is -3.55. The highest BCUT2D eigenvalue weighted by molar-refractivity contribution is 5.76. The molecular weight excluding hydrogens is 1190 g/mol. The van der Waals surface area contributed by atoms with Gasteiger partial charge in [-0.2, -0.15) is 0 Å². The number of amides is 1. The van der Waals surface area contributed by atoms with E-state index in [-0.39, 0.29) is 18.9 Å². The summed E-state index contributed by atoms with van der Waals surface area (Å²) in [5.41, 5.74) is 0. The molecule has 0 bridgehead atoms. The fourth-order valence-electron chi connectivity index (χ4n) is 11.3. The molecule has 3 saturated heterocycles. The maximum atomic E-state index is 13.4. The largest absolute Gasteiger partial charge is 0.394 e. The van der Waals surface area contributed by atoms with Crippen molar-refractivity contribution in [2.75, 3.05) is 26.4 Å². The van der Waals surface area contributed by atoms with Crippen LogP contribution in [-0.4, -0.2) is 193 Å². The van der Waals surface area contributed by atoms with E-state index in [2.05, 4.69) is 116 Å². The fourth-order valence-corrected chi connectivity index (χ4v) is 11.3. The van der Waals surface area contributed by atoms with Crippen molar-refractivity contribution in [3.63, 3.8) is 0 Å². The second-order valence-electron chi connectivity index (χ2n) is 24.9. The predicted octanol–water partition coefficient (Wildman–Crippen LogP) is 9.83. The lowest BCUT2D eigenvalue weighted by atomic mass is 9.96. The molecule has 0 radical (unpaired) electrons. The van der Waals surface area contributed by atoms with Gasteiger partial charge in [0.25, 0.3) is 0 Å². The number of aliphatic hydroxyl groups is 11. The average molecular weight is 1320 g/mol. The third-order valence-corrected chi connectivity index (χ3v) is 17.0. The quantitative estimate of drug-likeness (QED) is 0.0199. The monoisotopic (exact) mass is 1320 g/mol. The molecule has 12 N–H and O–H groups in total. The zero-order chi connectivity index (χ0) is 67.5. The molecule has 0 aromatic rings. The molecule has 17 unspecified atom stereocenters. The van der Waals surface area contributed by atoms with Crippen molar-refractivity contribution in [3.05, 3.63) is 109 Å². The Morgan fingerprint density at radius 3 is 1.20 bits per heavy atom. The molecule has 0 saturated carbocycles. The van der Waals surface area contributed by atoms with E-state index in [4.69, 9.17) is 28.4 Å². The average Bonchev–Trinajstić information content (AvgIpc) is 0.819. The van der Waals surface area contributed by atoms with E-state index in [1.807, 2.05) is 6.08 Å². The predicted molar refractivity (Wildman–Crippen MR) is 364 cm³/mol. The van der Waals surface area contributed by atoms with Crippen LogP contribution >= 0.6 is 0 Å². The van der Waals surface area contributed by atoms with Crippen molar-refractivity contribution in [3.8, 4) is 0 Å². The van der Waals surface area contributed by atoms with Crippen LogP contribution < -0.4 is 5.32 Å². The van der Waals surface area contributed by atoms with Crippen LogP contribution in [-0.2, 0) is 33.2 Å². The number of carbonyl (C=O) groups is 1. The van der Waals surface area contributed by atoms with Crippen molar-refractivity contribution in [1.29, 1.82) is 0 Å². The third-order valence-electron chi connectivity index (χ3n) is 17.0. The first kappa shape index (κ1) is 83.7. The van der Waals surface area contributed by atoms with Crippen molar-refractivity contribution >= 4 is 5.91 Å². The first-order valence-corrected chi connectivity index (χ1v) is 35.6. The van der Waals surface area contributed by atoms with Crippen LogP contribution in [0.4, 0.5) is 0 Å². The number of unbranched alkanes of at least 4 members (excludes halogenated alkanes) is 21. The standard InChI is InChI=1S/C74H125NO18/c1-3-5-7-9-11-13-15-17-19-21-23-25-27-28-30-32-34-36-38-40-42-44-46-48-50-52-62(80)75-57(58(79)51-49-47-45-43-41-39-37-35-33-31-29-26-24-22-20-18-16-14-12-10-8-6-4-2)56-88-72-68(86)65(83)70(60(54-77)90-72)93-74-69(87)66(84)71(61(55-78)91-74)92-73-67(85)64(82)63(81)59(53-76)89-73/h5,7,11,13,17,19,23,25,28,30,33-36,41,43,49,51,57-61,63-74,76-79,81-87H,3-4,6,8-10,12,14-16,18,20-22,24,26-27,29,31-32,37-40,42,44-48,50,52-56H2,1-2H3,(H,75,80)/b7-5-,13-11-,19-17-,25-23-,30-28-,35-33+,36-34-,43-41+,51-49+. The highest BCUT2D eigenvalue weighted by Crippen LogP contribution is 2.33. The molecule has 93 heavy (non-hydrogen) atoms. The second kappa shape index (κ2) is 54.5. The van der Waals surface area contributed by atoms with Crippen LogP contribution in [0.5, 0.6) is 0 Å². The van der Waals surface area contributed by atoms with Gasteiger partial charge in [-0.25, -0.2) is 0 Å². The van der Waals surface area contributed by atoms with E-state index in [1.165, 1.54) is 83.5 Å². The lowest BCUT2D eigenvalue weighted by Crippen LogP contribution is -2.66. The van der Waals surface area contributed by atoms with Gasteiger partial charge < -0.3 is 89.9 Å². The Morgan fingerprint density at radius 2 is 0.753 bits per heavy atom. The highest BCUT2D eigenvalue weighted by Gasteiger charge is 2.53. The Morgan fingerprint density at radius 1 is 0.398 bits per heavy atom. The third kappa shape index (κ3) is 36.0. The molecule has 0 aliphatic carbocycles. The lowest BCUT2D eigenvalue weighted by molar-refractivity contribution is -0.379. The van der Waals surface area contributed by atoms with E-state index in [0.717, 1.165) is 103 Å². The summed E-state index contributed by atoms with van der Waals surface area (Å²) in [6, 6.07) is -1.01. The van der Waals surface area contributed by atoms with Crippen molar-refractivity contribution in [1.82, 2.24) is 5.32 Å². The maximum Gasteiger partial charge on any atom is 0.220 e. The van der Waals surface area contributed by atoms with Crippen LogP contribution in [0.1, 0.15) is 219 Å². The summed E-state index contributed by atoms with van der Waals surface area (Å²) in [6.07, 6.45) is 46.3. The molecule has 534 valence electrons. The van der Waals surface area contributed by atoms with Gasteiger partial charge in [0.1, 0.15) is 73.2 Å². The molecule has 19 heteroatoms. The number of hydrogen-bond donors (Lipinski definition) is 12. The zero-order valence-corrected chi connectivity index (χ0v) is 56.4. The molecule has 19 nitrogen and oxygen atoms in total. The van der Waals surface area contributed by atoms with Gasteiger partial charge in [0, 0.05) is 6.42 Å². The Bertz CT molecular complexity index is 2110. The van der Waals surface area contributed by atoms with Gasteiger partial charge >= 0.3 is 0 Å². The molecular formula is C74H125NO18. The van der Waals surface area contributed by atoms with Gasteiger partial charge in [-0.3, -0.25) is 4.79 Å². The number of carbonyl (C=O) groups excluding carboxylic acids is 1. The lowest BCUT2D eigenvalue weighted by Gasteiger charge is -2.48. The molecule has 3 aliphatic rings. The number of hydrogen-bond acceptors (Lipinski definition) is 18. The number of aliphatic hydroxyl groups excluding tert-OH is 11. The highest BCUT2D eigenvalue weighted by atomic mass is 16.8. The van der Waals surface area contributed by atoms with E-state index < -0.39 is 124 Å². The summed E-state index contributed by atoms with van der Waals surface area (Å²) >= 11 is 0. The van der Waals surface area contributed by atoms with Crippen LogP contribution in [0.25, 0.3) is 0 Å². The van der Waals surface area contributed by atoms with Gasteiger partial charge in [-0.05, 0) is 96.3 Å². The first-order valence-electron chi connectivity index (χ1n) is 35.6. The minimum absolute atomic E-state index is 0.208. The molecule has 3 aliphatic heterocycles. The van der Waals surface area contributed by atoms with Gasteiger partial charge in [0.05, 0.1) is 38.6 Å². The van der Waals surface area contributed by atoms with Crippen LogP contribution in [0.3, 0.4) is 0 Å². The Labute approximate surface area is 557 Å². The number of allylic oxidation sites excluding steroid dienone is 17. The number of nitrogens with one attached hydrogen (secondary N) is 1. The summed E-state index contributed by atoms with van der Waals surface area (Å²) in [5.74, 6) is -0.308. The Balaban J connectivity index is 1.46. The molecule has 3 rings (SSSR count). The molecule has 1 amide bonds. The van der Waals surface area contributed by atoms with Gasteiger partial charge in [0.15, 0.2) is 18.9 Å². The fraction of sp³-hybridized carbons (Fsp3) is 0.743. The van der Waals surface area contributed by atoms with E-state index >= 15 is 0 Å². The number of rotatable bonds is 53. The summed E-state index contributed by atoms with van der Waals surface area (Å²) < 4.78 is 34.3. The van der Waals surface area contributed by atoms with E-state index in [9.17, 15) is 61.0 Å². The van der Waals surface area contributed by atoms with Gasteiger partial charge in [-0.1, -0.05) is 226 Å². The summed E-state index contributed by atoms with van der Waals surface area (Å²) in [5, 5.41) is 121. The molecule has 3 fully saturated rings. The van der Waals surface area contributed by atoms with Crippen molar-refractivity contribution in [2.24, 2.45) is 0 Å². The smallest absolute Gasteiger partial charge is 0.220 e. The molecule has 17 atom stereocenters. The second-order valence-corrected chi connectivity index (χ2v) is 24.9. The zero-order valence-electron chi connectivity index (χ0n) is 56.4. The van der Waals surface area contributed by atoms with E-state index in [0.29, 0.717) is 12.8 Å². The summed E-state index contributed by atoms with van der Waals surface area (Å²) in [4.78, 5) is 13.4. The normalized spacial score (nSPS) is 28.2. The minimum Gasteiger partial charge on any atom is -0.394 e. The van der Waals surface area contributed by atoms with Gasteiger partial charge in [-0.15, -0.1) is 0 Å². The van der Waals surface area contributed by atoms with Crippen molar-refractivity contribution < 1.29 is 89.4 Å². The Kier molecular flexibility index (Phi) is 49.0. The number of ether oxygens (including phenoxy) is 6. The van der Waals surface area contributed by atoms with Gasteiger partial charge in [0.2, 0.25) is 5.91 Å². The molecule has 0 aromatic carbocycles. The molecule has 0 aromatic heterocycles. The summed E-state index contributed by atoms with van der Waals surface area (Å²) in [7, 11) is 0. The maximum absolute atomic E-state index is 13.4. The van der Waals surface area contributed by atoms with Crippen LogP contribution in [0.15, 0.2) is 109 Å². The van der Waals surface area contributed by atoms with Crippen molar-refractivity contribution in [2.45, 2.75) is 324 Å². The first-order chi connectivity index (χ1) is 45.3. The topological polar surface area (TPSA) is 307 Å². The van der Waals surface area contributed by atoms with Crippen LogP contribution in [0, 0.1) is 0 Å². The molecule has 3 heterocycles. The SMILES string of the molecule is CC/C=C\C/C=C\C/C=C\C/C=C\C/C=C\C/C=C\CCCCCCCCC(=O)NC(COC1OC(CO)C(OC2OC(CO)C(OC3OC(CO)C(O)C(O)C3O)C(O)C2O)C(O)C1O)C(O)/C=C/CC/C=C/CC/C=C/CCCCCCCCCCCCCCC. The van der Waals surface area contributed by atoms with E-state index in [1.54, 1.807) is 6.08 Å². The minimum atomic E-state index is -1.99. The van der Waals surface area contributed by atoms with Crippen LogP contribution in [0.2, 0.25) is 0 Å². The summed E-state index contributed by atoms with van der Waals surface area (Å²) in [6.45, 7) is 1.57.